The number of anilines is 2. The molecule has 1 aliphatic rings. The SMILES string of the molecule is COCCOc1nc(C2CC2)nc(NC(C)C)c1N. The zero-order chi connectivity index (χ0) is 13.8. The van der Waals surface area contributed by atoms with E-state index in [2.05, 4.69) is 15.3 Å². The molecule has 3 N–H and O–H groups in total. The van der Waals surface area contributed by atoms with E-state index < -0.39 is 0 Å². The summed E-state index contributed by atoms with van der Waals surface area (Å²) in [6.07, 6.45) is 2.28. The van der Waals surface area contributed by atoms with Gasteiger partial charge < -0.3 is 20.5 Å². The van der Waals surface area contributed by atoms with Gasteiger partial charge in [0.05, 0.1) is 6.61 Å². The molecule has 0 bridgehead atoms. The first-order valence-electron chi connectivity index (χ1n) is 6.67. The standard InChI is InChI=1S/C13H22N4O2/c1-8(2)15-12-10(14)13(19-7-6-18-3)17-11(16-12)9-4-5-9/h8-9H,4-7,14H2,1-3H3,(H,15,16,17). The average Bonchev–Trinajstić information content (AvgIpc) is 3.17. The third-order valence-corrected chi connectivity index (χ3v) is 2.82. The predicted octanol–water partition coefficient (Wildman–Crippen LogP) is 1.78. The minimum absolute atomic E-state index is 0.260. The summed E-state index contributed by atoms with van der Waals surface area (Å²) < 4.78 is 10.5. The summed E-state index contributed by atoms with van der Waals surface area (Å²) in [5, 5.41) is 3.24. The summed E-state index contributed by atoms with van der Waals surface area (Å²) in [4.78, 5) is 8.93. The van der Waals surface area contributed by atoms with Crippen LogP contribution >= 0.6 is 0 Å². The van der Waals surface area contributed by atoms with Gasteiger partial charge in [-0.05, 0) is 26.7 Å². The fourth-order valence-electron chi connectivity index (χ4n) is 1.70. The fraction of sp³-hybridized carbons (Fsp3) is 0.692. The Balaban J connectivity index is 2.21. The Morgan fingerprint density at radius 2 is 2.05 bits per heavy atom. The minimum Gasteiger partial charge on any atom is -0.474 e. The highest BCUT2D eigenvalue weighted by molar-refractivity contribution is 5.67. The van der Waals surface area contributed by atoms with Crippen molar-refractivity contribution in [3.05, 3.63) is 5.82 Å². The Morgan fingerprint density at radius 1 is 1.32 bits per heavy atom. The lowest BCUT2D eigenvalue weighted by Gasteiger charge is -2.15. The monoisotopic (exact) mass is 266 g/mol. The van der Waals surface area contributed by atoms with E-state index in [0.29, 0.717) is 36.5 Å². The molecule has 0 spiro atoms. The molecule has 0 aromatic carbocycles. The lowest BCUT2D eigenvalue weighted by atomic mass is 10.3. The molecule has 0 unspecified atom stereocenters. The normalized spacial score (nSPS) is 14.7. The molecule has 0 saturated heterocycles. The molecule has 106 valence electrons. The second-order valence-electron chi connectivity index (χ2n) is 5.06. The van der Waals surface area contributed by atoms with Crippen LogP contribution in [-0.4, -0.2) is 36.3 Å². The molecule has 2 rings (SSSR count). The van der Waals surface area contributed by atoms with Gasteiger partial charge in [0.15, 0.2) is 5.82 Å². The van der Waals surface area contributed by atoms with E-state index in [1.165, 1.54) is 0 Å². The first kappa shape index (κ1) is 13.9. The van der Waals surface area contributed by atoms with Crippen molar-refractivity contribution in [1.82, 2.24) is 9.97 Å². The van der Waals surface area contributed by atoms with Crippen molar-refractivity contribution in [2.75, 3.05) is 31.4 Å². The van der Waals surface area contributed by atoms with Gasteiger partial charge in [0.25, 0.3) is 0 Å². The van der Waals surface area contributed by atoms with Crippen LogP contribution in [0.1, 0.15) is 38.4 Å². The Kier molecular flexibility index (Phi) is 4.42. The second-order valence-corrected chi connectivity index (χ2v) is 5.06. The molecule has 1 heterocycles. The zero-order valence-electron chi connectivity index (χ0n) is 11.8. The van der Waals surface area contributed by atoms with E-state index in [1.807, 2.05) is 13.8 Å². The van der Waals surface area contributed by atoms with E-state index in [-0.39, 0.29) is 6.04 Å². The van der Waals surface area contributed by atoms with Gasteiger partial charge in [0.2, 0.25) is 5.88 Å². The summed E-state index contributed by atoms with van der Waals surface area (Å²) >= 11 is 0. The molecule has 1 saturated carbocycles. The van der Waals surface area contributed by atoms with Crippen LogP contribution in [0.2, 0.25) is 0 Å². The van der Waals surface area contributed by atoms with Crippen molar-refractivity contribution in [2.24, 2.45) is 0 Å². The number of hydrogen-bond acceptors (Lipinski definition) is 6. The Bertz CT molecular complexity index is 433. The number of nitrogens with one attached hydrogen (secondary N) is 1. The summed E-state index contributed by atoms with van der Waals surface area (Å²) in [5.74, 6) is 2.40. The van der Waals surface area contributed by atoms with E-state index in [1.54, 1.807) is 7.11 Å². The Hall–Kier alpha value is -1.56. The van der Waals surface area contributed by atoms with Crippen LogP contribution in [0.4, 0.5) is 11.5 Å². The number of ether oxygens (including phenoxy) is 2. The number of methoxy groups -OCH3 is 1. The van der Waals surface area contributed by atoms with Crippen molar-refractivity contribution < 1.29 is 9.47 Å². The van der Waals surface area contributed by atoms with Gasteiger partial charge in [-0.15, -0.1) is 0 Å². The van der Waals surface area contributed by atoms with Gasteiger partial charge in [-0.2, -0.15) is 4.98 Å². The summed E-state index contributed by atoms with van der Waals surface area (Å²) in [5.41, 5.74) is 6.52. The first-order chi connectivity index (χ1) is 9.11. The van der Waals surface area contributed by atoms with Crippen molar-refractivity contribution >= 4 is 11.5 Å². The van der Waals surface area contributed by atoms with E-state index in [4.69, 9.17) is 15.2 Å². The van der Waals surface area contributed by atoms with Crippen LogP contribution in [-0.2, 0) is 4.74 Å². The predicted molar refractivity (Wildman–Crippen MR) is 74.5 cm³/mol. The molecule has 6 nitrogen and oxygen atoms in total. The molecule has 0 aliphatic heterocycles. The summed E-state index contributed by atoms with van der Waals surface area (Å²) in [6, 6.07) is 0.260. The molecule has 19 heavy (non-hydrogen) atoms. The maximum atomic E-state index is 6.05. The van der Waals surface area contributed by atoms with Crippen molar-refractivity contribution in [3.8, 4) is 5.88 Å². The highest BCUT2D eigenvalue weighted by Crippen LogP contribution is 2.40. The Labute approximate surface area is 113 Å². The number of nitrogens with two attached hydrogens (primary N) is 1. The number of nitrogens with zero attached hydrogens (tertiary/aromatic N) is 2. The fourth-order valence-corrected chi connectivity index (χ4v) is 1.70. The summed E-state index contributed by atoms with van der Waals surface area (Å²) in [6.45, 7) is 5.03. The molecule has 1 aromatic heterocycles. The van der Waals surface area contributed by atoms with Gasteiger partial charge in [-0.3, -0.25) is 0 Å². The average molecular weight is 266 g/mol. The van der Waals surface area contributed by atoms with Crippen molar-refractivity contribution in [3.63, 3.8) is 0 Å². The van der Waals surface area contributed by atoms with Crippen LogP contribution in [0.3, 0.4) is 0 Å². The number of rotatable bonds is 7. The molecular formula is C13H22N4O2. The number of aromatic nitrogens is 2. The Morgan fingerprint density at radius 3 is 2.63 bits per heavy atom. The third-order valence-electron chi connectivity index (χ3n) is 2.82. The second kappa shape index (κ2) is 6.06. The molecule has 0 atom stereocenters. The van der Waals surface area contributed by atoms with Gasteiger partial charge in [-0.25, -0.2) is 4.98 Å². The van der Waals surface area contributed by atoms with Gasteiger partial charge in [-0.1, -0.05) is 0 Å². The van der Waals surface area contributed by atoms with E-state index >= 15 is 0 Å². The topological polar surface area (TPSA) is 82.3 Å². The zero-order valence-corrected chi connectivity index (χ0v) is 11.8. The number of nitrogen functional groups attached to an aromatic ring is 1. The van der Waals surface area contributed by atoms with E-state index in [9.17, 15) is 0 Å². The van der Waals surface area contributed by atoms with E-state index in [0.717, 1.165) is 18.7 Å². The van der Waals surface area contributed by atoms with Crippen LogP contribution in [0.5, 0.6) is 5.88 Å². The number of hydrogen-bond donors (Lipinski definition) is 2. The maximum absolute atomic E-state index is 6.05. The molecule has 6 heteroatoms. The van der Waals surface area contributed by atoms with Crippen molar-refractivity contribution in [1.29, 1.82) is 0 Å². The molecule has 1 fully saturated rings. The molecule has 1 aliphatic carbocycles. The lowest BCUT2D eigenvalue weighted by molar-refractivity contribution is 0.144. The summed E-state index contributed by atoms with van der Waals surface area (Å²) in [7, 11) is 1.63. The van der Waals surface area contributed by atoms with Gasteiger partial charge >= 0.3 is 0 Å². The van der Waals surface area contributed by atoms with Gasteiger partial charge in [0, 0.05) is 19.1 Å². The molecule has 0 amide bonds. The van der Waals surface area contributed by atoms with Crippen LogP contribution in [0.15, 0.2) is 0 Å². The van der Waals surface area contributed by atoms with Crippen molar-refractivity contribution in [2.45, 2.75) is 38.6 Å². The smallest absolute Gasteiger partial charge is 0.242 e. The first-order valence-corrected chi connectivity index (χ1v) is 6.67. The quantitative estimate of drug-likeness (QED) is 0.732. The lowest BCUT2D eigenvalue weighted by Crippen LogP contribution is -2.16. The van der Waals surface area contributed by atoms with Crippen LogP contribution < -0.4 is 15.8 Å². The minimum atomic E-state index is 0.260. The van der Waals surface area contributed by atoms with Gasteiger partial charge in [0.1, 0.15) is 18.1 Å². The maximum Gasteiger partial charge on any atom is 0.242 e. The highest BCUT2D eigenvalue weighted by atomic mass is 16.5. The molecular weight excluding hydrogens is 244 g/mol. The van der Waals surface area contributed by atoms with Crippen LogP contribution in [0.25, 0.3) is 0 Å². The van der Waals surface area contributed by atoms with Crippen LogP contribution in [0, 0.1) is 0 Å². The third kappa shape index (κ3) is 3.70. The molecule has 1 aromatic rings. The largest absolute Gasteiger partial charge is 0.474 e. The molecule has 0 radical (unpaired) electrons. The highest BCUT2D eigenvalue weighted by Gasteiger charge is 2.28.